The zero-order valence-corrected chi connectivity index (χ0v) is 19.8. The second-order valence-corrected chi connectivity index (χ2v) is 11.3. The number of fused-ring (bicyclic) bond motifs is 4. The predicted molar refractivity (Wildman–Crippen MR) is 122 cm³/mol. The molecule has 2 aromatic rings. The Kier molecular flexibility index (Phi) is 5.13. The minimum Gasteiger partial charge on any atom is -0.461 e. The summed E-state index contributed by atoms with van der Waals surface area (Å²) in [4.78, 5) is 35.5. The molecular weight excluding hydrogens is 430 g/mol. The summed E-state index contributed by atoms with van der Waals surface area (Å²) in [5, 5.41) is 4.33. The number of anilines is 1. The molecule has 3 aliphatic rings. The molecule has 2 aliphatic carbocycles. The van der Waals surface area contributed by atoms with Crippen molar-refractivity contribution in [1.29, 1.82) is 0 Å². The molecule has 164 valence electrons. The van der Waals surface area contributed by atoms with Gasteiger partial charge in [0, 0.05) is 28.8 Å². The highest BCUT2D eigenvalue weighted by atomic mass is 32.2. The van der Waals surface area contributed by atoms with Gasteiger partial charge in [-0.15, -0.1) is 23.1 Å². The monoisotopic (exact) mass is 457 g/mol. The number of nitrogens with zero attached hydrogens (tertiary/aromatic N) is 2. The fourth-order valence-corrected chi connectivity index (χ4v) is 7.83. The highest BCUT2D eigenvalue weighted by Crippen LogP contribution is 2.59. The van der Waals surface area contributed by atoms with Gasteiger partial charge >= 0.3 is 5.97 Å². The third-order valence-corrected chi connectivity index (χ3v) is 9.29. The van der Waals surface area contributed by atoms with Crippen molar-refractivity contribution in [1.82, 2.24) is 9.97 Å². The van der Waals surface area contributed by atoms with Gasteiger partial charge in [0.1, 0.15) is 11.1 Å². The van der Waals surface area contributed by atoms with E-state index in [0.717, 1.165) is 25.0 Å². The number of pyridine rings is 1. The molecule has 31 heavy (non-hydrogen) atoms. The largest absolute Gasteiger partial charge is 0.461 e. The van der Waals surface area contributed by atoms with Crippen LogP contribution in [0.2, 0.25) is 0 Å². The number of nitrogens with one attached hydrogen (secondary N) is 1. The Bertz CT molecular complexity index is 1050. The zero-order valence-electron chi connectivity index (χ0n) is 18.2. The summed E-state index contributed by atoms with van der Waals surface area (Å²) in [6.07, 6.45) is 6.63. The fraction of sp³-hybridized carbons (Fsp3) is 0.565. The van der Waals surface area contributed by atoms with Gasteiger partial charge in [-0.1, -0.05) is 20.8 Å². The summed E-state index contributed by atoms with van der Waals surface area (Å²) in [5.74, 6) is 0.505. The van der Waals surface area contributed by atoms with E-state index in [4.69, 9.17) is 9.72 Å². The number of carbonyl (C=O) groups excluding carboxylic acids is 2. The van der Waals surface area contributed by atoms with E-state index < -0.39 is 0 Å². The molecule has 1 aliphatic heterocycles. The molecule has 2 aromatic heterocycles. The van der Waals surface area contributed by atoms with Crippen LogP contribution in [0.4, 0.5) is 5.13 Å². The first-order chi connectivity index (χ1) is 14.8. The normalized spacial score (nSPS) is 33.8. The summed E-state index contributed by atoms with van der Waals surface area (Å²) in [6.45, 7) is 6.55. The van der Waals surface area contributed by atoms with Crippen LogP contribution >= 0.6 is 23.1 Å². The van der Waals surface area contributed by atoms with Crippen LogP contribution < -0.4 is 5.32 Å². The lowest BCUT2D eigenvalue weighted by molar-refractivity contribution is -0.149. The van der Waals surface area contributed by atoms with Gasteiger partial charge in [-0.25, -0.2) is 9.97 Å². The third-order valence-electron chi connectivity index (χ3n) is 7.59. The lowest BCUT2D eigenvalue weighted by atomic mass is 9.54. The van der Waals surface area contributed by atoms with Crippen LogP contribution in [0.3, 0.4) is 0 Å². The van der Waals surface area contributed by atoms with Crippen LogP contribution in [0, 0.1) is 23.2 Å². The Morgan fingerprint density at radius 2 is 2.16 bits per heavy atom. The molecule has 6 atom stereocenters. The van der Waals surface area contributed by atoms with E-state index in [2.05, 4.69) is 24.1 Å². The van der Waals surface area contributed by atoms with E-state index in [0.29, 0.717) is 21.6 Å². The van der Waals surface area contributed by atoms with E-state index >= 15 is 0 Å². The molecule has 3 heterocycles. The number of carbonyl (C=O) groups is 2. The number of ether oxygens (including phenoxy) is 1. The first kappa shape index (κ1) is 20.9. The van der Waals surface area contributed by atoms with Crippen LogP contribution in [-0.2, 0) is 16.0 Å². The van der Waals surface area contributed by atoms with Crippen LogP contribution in [-0.4, -0.2) is 34.2 Å². The first-order valence-corrected chi connectivity index (χ1v) is 12.9. The van der Waals surface area contributed by atoms with Crippen molar-refractivity contribution in [3.63, 3.8) is 0 Å². The molecule has 1 saturated carbocycles. The molecule has 0 bridgehead atoms. The number of amides is 1. The van der Waals surface area contributed by atoms with Crippen LogP contribution in [0.15, 0.2) is 23.4 Å². The minimum atomic E-state index is -0.182. The molecule has 0 aromatic carbocycles. The Hall–Kier alpha value is -1.93. The molecule has 5 rings (SSSR count). The molecule has 0 unspecified atom stereocenters. The van der Waals surface area contributed by atoms with Gasteiger partial charge in [-0.3, -0.25) is 14.9 Å². The maximum atomic E-state index is 12.9. The lowest BCUT2D eigenvalue weighted by Crippen LogP contribution is -2.50. The van der Waals surface area contributed by atoms with Crippen molar-refractivity contribution in [3.05, 3.63) is 34.5 Å². The number of rotatable bonds is 3. The maximum Gasteiger partial charge on any atom is 0.309 e. The average molecular weight is 458 g/mol. The maximum absolute atomic E-state index is 12.9. The molecule has 2 fully saturated rings. The summed E-state index contributed by atoms with van der Waals surface area (Å²) < 4.78 is 5.91. The van der Waals surface area contributed by atoms with E-state index in [1.807, 2.05) is 13.2 Å². The Balaban J connectivity index is 1.43. The molecule has 6 nitrogen and oxygen atoms in total. The Morgan fingerprint density at radius 1 is 1.35 bits per heavy atom. The standard InChI is InChI=1S/C23H27N3O3S2/c1-11-13-7-8-23(3)10-15-17(12(2)16(23)18(13)29-21(11)28)25-22(31-15)26-19(27)14-6-5-9-24-20(14)30-4/h5-6,9,11-13,16,18H,7-8,10H2,1-4H3,(H,25,26,27)/t11-,12-,13-,16+,18-,23+/m0/s1. The highest BCUT2D eigenvalue weighted by molar-refractivity contribution is 7.98. The number of aromatic nitrogens is 2. The Morgan fingerprint density at radius 3 is 2.94 bits per heavy atom. The minimum absolute atomic E-state index is 0.0152. The molecule has 0 radical (unpaired) electrons. The van der Waals surface area contributed by atoms with Crippen molar-refractivity contribution >= 4 is 40.1 Å². The molecular formula is C23H27N3O3S2. The lowest BCUT2D eigenvalue weighted by Gasteiger charge is -2.51. The van der Waals surface area contributed by atoms with E-state index in [9.17, 15) is 9.59 Å². The predicted octanol–water partition coefficient (Wildman–Crippen LogP) is 4.77. The summed E-state index contributed by atoms with van der Waals surface area (Å²) in [6, 6.07) is 3.56. The highest BCUT2D eigenvalue weighted by Gasteiger charge is 2.58. The van der Waals surface area contributed by atoms with Gasteiger partial charge in [0.2, 0.25) is 0 Å². The second kappa shape index (κ2) is 7.59. The van der Waals surface area contributed by atoms with Gasteiger partial charge in [-0.05, 0) is 43.1 Å². The zero-order chi connectivity index (χ0) is 21.9. The van der Waals surface area contributed by atoms with Gasteiger partial charge in [-0.2, -0.15) is 0 Å². The fourth-order valence-electron chi connectivity index (χ4n) is 6.02. The van der Waals surface area contributed by atoms with Gasteiger partial charge in [0.15, 0.2) is 5.13 Å². The summed E-state index contributed by atoms with van der Waals surface area (Å²) in [5.41, 5.74) is 1.70. The van der Waals surface area contributed by atoms with Crippen molar-refractivity contribution in [3.8, 4) is 0 Å². The van der Waals surface area contributed by atoms with Gasteiger partial charge in [0.05, 0.1) is 17.2 Å². The van der Waals surface area contributed by atoms with Crippen LogP contribution in [0.1, 0.15) is 60.5 Å². The first-order valence-electron chi connectivity index (χ1n) is 10.8. The molecule has 8 heteroatoms. The Labute approximate surface area is 190 Å². The topological polar surface area (TPSA) is 81.2 Å². The van der Waals surface area contributed by atoms with E-state index in [1.165, 1.54) is 16.6 Å². The molecule has 0 spiro atoms. The molecule has 1 amide bonds. The van der Waals surface area contributed by atoms with Crippen molar-refractivity contribution < 1.29 is 14.3 Å². The number of hydrogen-bond acceptors (Lipinski definition) is 7. The molecule has 1 N–H and O–H groups in total. The smallest absolute Gasteiger partial charge is 0.309 e. The second-order valence-electron chi connectivity index (χ2n) is 9.38. The summed E-state index contributed by atoms with van der Waals surface area (Å²) in [7, 11) is 0. The number of thioether (sulfide) groups is 1. The summed E-state index contributed by atoms with van der Waals surface area (Å²) >= 11 is 3.03. The van der Waals surface area contributed by atoms with Gasteiger partial charge < -0.3 is 4.74 Å². The van der Waals surface area contributed by atoms with E-state index in [-0.39, 0.29) is 41.1 Å². The quantitative estimate of drug-likeness (QED) is 0.528. The van der Waals surface area contributed by atoms with Crippen molar-refractivity contribution in [2.75, 3.05) is 11.6 Å². The van der Waals surface area contributed by atoms with Crippen molar-refractivity contribution in [2.45, 2.75) is 57.1 Å². The van der Waals surface area contributed by atoms with E-state index in [1.54, 1.807) is 29.7 Å². The molecule has 1 saturated heterocycles. The third kappa shape index (κ3) is 3.30. The average Bonchev–Trinajstić information content (AvgIpc) is 3.27. The van der Waals surface area contributed by atoms with Crippen molar-refractivity contribution in [2.24, 2.45) is 23.2 Å². The van der Waals surface area contributed by atoms with Gasteiger partial charge in [0.25, 0.3) is 5.91 Å². The number of esters is 1. The van der Waals surface area contributed by atoms with Crippen LogP contribution in [0.5, 0.6) is 0 Å². The number of hydrogen-bond donors (Lipinski definition) is 1. The SMILES string of the molecule is CSc1ncccc1C(=O)Nc1nc2c(s1)C[C@@]1(C)CC[C@@H]3[C@H](OC(=O)[C@H]3C)[C@H]1[C@@H]2C. The number of thiazole rings is 1. The van der Waals surface area contributed by atoms with Crippen LogP contribution in [0.25, 0.3) is 0 Å².